The van der Waals surface area contributed by atoms with Crippen molar-refractivity contribution in [2.75, 3.05) is 40.4 Å². The molecule has 1 aromatic carbocycles. The number of halogens is 1. The molecule has 1 aromatic rings. The standard InChI is InChI=1S/C15H21BrN2O3/c1-18-5-6-21-13(10-18)9-17-8-12-4-3-11(7-14(12)16)15(19)20-2/h3-4,7,13,17H,5-6,8-10H2,1-2H3. The molecule has 0 aromatic heterocycles. The van der Waals surface area contributed by atoms with Crippen molar-refractivity contribution in [3.05, 3.63) is 33.8 Å². The topological polar surface area (TPSA) is 50.8 Å². The second kappa shape index (κ2) is 7.89. The summed E-state index contributed by atoms with van der Waals surface area (Å²) in [5.74, 6) is -0.325. The van der Waals surface area contributed by atoms with Crippen LogP contribution >= 0.6 is 15.9 Å². The predicted octanol–water partition coefficient (Wildman–Crippen LogP) is 1.66. The van der Waals surface area contributed by atoms with E-state index in [1.165, 1.54) is 7.11 Å². The predicted molar refractivity (Wildman–Crippen MR) is 84.4 cm³/mol. The number of carbonyl (C=O) groups excluding carboxylic acids is 1. The molecule has 1 N–H and O–H groups in total. The Morgan fingerprint density at radius 1 is 1.57 bits per heavy atom. The highest BCUT2D eigenvalue weighted by Gasteiger charge is 2.17. The molecule has 116 valence electrons. The first-order chi connectivity index (χ1) is 10.1. The fourth-order valence-corrected chi connectivity index (χ4v) is 2.81. The molecule has 0 aliphatic carbocycles. The van der Waals surface area contributed by atoms with Gasteiger partial charge in [-0.1, -0.05) is 22.0 Å². The van der Waals surface area contributed by atoms with Crippen LogP contribution in [-0.4, -0.2) is 57.4 Å². The summed E-state index contributed by atoms with van der Waals surface area (Å²) in [6, 6.07) is 5.49. The van der Waals surface area contributed by atoms with Crippen LogP contribution in [0.4, 0.5) is 0 Å². The Morgan fingerprint density at radius 2 is 2.38 bits per heavy atom. The molecule has 0 radical (unpaired) electrons. The highest BCUT2D eigenvalue weighted by molar-refractivity contribution is 9.10. The van der Waals surface area contributed by atoms with Gasteiger partial charge < -0.3 is 19.7 Å². The van der Waals surface area contributed by atoms with Crippen LogP contribution in [0, 0.1) is 0 Å². The number of rotatable bonds is 5. The summed E-state index contributed by atoms with van der Waals surface area (Å²) < 4.78 is 11.3. The van der Waals surface area contributed by atoms with Crippen molar-refractivity contribution in [1.29, 1.82) is 0 Å². The quantitative estimate of drug-likeness (QED) is 0.813. The molecule has 1 heterocycles. The fraction of sp³-hybridized carbons (Fsp3) is 0.533. The molecular formula is C15H21BrN2O3. The molecular weight excluding hydrogens is 336 g/mol. The molecule has 6 heteroatoms. The number of ether oxygens (including phenoxy) is 2. The molecule has 1 saturated heterocycles. The summed E-state index contributed by atoms with van der Waals surface area (Å²) in [6.07, 6.45) is 0.233. The molecule has 0 spiro atoms. The van der Waals surface area contributed by atoms with E-state index >= 15 is 0 Å². The fourth-order valence-electron chi connectivity index (χ4n) is 2.29. The van der Waals surface area contributed by atoms with Crippen molar-refractivity contribution >= 4 is 21.9 Å². The lowest BCUT2D eigenvalue weighted by atomic mass is 10.1. The Kier molecular flexibility index (Phi) is 6.17. The number of nitrogens with zero attached hydrogens (tertiary/aromatic N) is 1. The lowest BCUT2D eigenvalue weighted by Gasteiger charge is -2.30. The van der Waals surface area contributed by atoms with Crippen molar-refractivity contribution < 1.29 is 14.3 Å². The largest absolute Gasteiger partial charge is 0.465 e. The third kappa shape index (κ3) is 4.78. The Morgan fingerprint density at radius 3 is 3.05 bits per heavy atom. The van der Waals surface area contributed by atoms with Crippen LogP contribution in [0.1, 0.15) is 15.9 Å². The van der Waals surface area contributed by atoms with Crippen LogP contribution < -0.4 is 5.32 Å². The number of morpholine rings is 1. The monoisotopic (exact) mass is 356 g/mol. The number of hydrogen-bond donors (Lipinski definition) is 1. The lowest BCUT2D eigenvalue weighted by molar-refractivity contribution is -0.0182. The number of esters is 1. The molecule has 21 heavy (non-hydrogen) atoms. The highest BCUT2D eigenvalue weighted by Crippen LogP contribution is 2.19. The third-order valence-electron chi connectivity index (χ3n) is 3.50. The summed E-state index contributed by atoms with van der Waals surface area (Å²) >= 11 is 3.49. The Bertz CT molecular complexity index is 496. The van der Waals surface area contributed by atoms with Gasteiger partial charge in [0.25, 0.3) is 0 Å². The van der Waals surface area contributed by atoms with Gasteiger partial charge >= 0.3 is 5.97 Å². The summed E-state index contributed by atoms with van der Waals surface area (Å²) in [5, 5.41) is 3.40. The molecule has 0 saturated carbocycles. The minimum absolute atomic E-state index is 0.233. The smallest absolute Gasteiger partial charge is 0.337 e. The van der Waals surface area contributed by atoms with E-state index < -0.39 is 0 Å². The lowest BCUT2D eigenvalue weighted by Crippen LogP contribution is -2.44. The van der Waals surface area contributed by atoms with Crippen molar-refractivity contribution in [1.82, 2.24) is 10.2 Å². The van der Waals surface area contributed by atoms with Crippen LogP contribution in [0.3, 0.4) is 0 Å². The zero-order valence-electron chi connectivity index (χ0n) is 12.4. The summed E-state index contributed by atoms with van der Waals surface area (Å²) in [4.78, 5) is 13.7. The van der Waals surface area contributed by atoms with E-state index in [4.69, 9.17) is 9.47 Å². The minimum Gasteiger partial charge on any atom is -0.465 e. The van der Waals surface area contributed by atoms with E-state index in [2.05, 4.69) is 33.2 Å². The molecule has 1 aliphatic heterocycles. The van der Waals surface area contributed by atoms with Crippen molar-refractivity contribution in [2.45, 2.75) is 12.6 Å². The van der Waals surface area contributed by atoms with Gasteiger partial charge in [-0.3, -0.25) is 0 Å². The first-order valence-corrected chi connectivity index (χ1v) is 7.77. The molecule has 1 aliphatic rings. The molecule has 0 amide bonds. The van der Waals surface area contributed by atoms with Gasteiger partial charge in [-0.2, -0.15) is 0 Å². The summed E-state index contributed by atoms with van der Waals surface area (Å²) in [5.41, 5.74) is 1.65. The van der Waals surface area contributed by atoms with Crippen molar-refractivity contribution in [2.24, 2.45) is 0 Å². The number of hydrogen-bond acceptors (Lipinski definition) is 5. The Hall–Kier alpha value is -0.950. The number of carbonyl (C=O) groups is 1. The van der Waals surface area contributed by atoms with Gasteiger partial charge in [-0.15, -0.1) is 0 Å². The Balaban J connectivity index is 1.84. The Labute approximate surface area is 133 Å². The first-order valence-electron chi connectivity index (χ1n) is 6.97. The van der Waals surface area contributed by atoms with Gasteiger partial charge in [0.05, 0.1) is 25.4 Å². The average Bonchev–Trinajstić information content (AvgIpc) is 2.48. The zero-order chi connectivity index (χ0) is 15.2. The molecule has 0 bridgehead atoms. The maximum Gasteiger partial charge on any atom is 0.337 e. The van der Waals surface area contributed by atoms with E-state index in [1.807, 2.05) is 6.07 Å². The van der Waals surface area contributed by atoms with Crippen LogP contribution in [0.15, 0.2) is 22.7 Å². The van der Waals surface area contributed by atoms with Crippen LogP contribution in [0.5, 0.6) is 0 Å². The van der Waals surface area contributed by atoms with E-state index in [1.54, 1.807) is 12.1 Å². The molecule has 1 atom stereocenters. The second-order valence-electron chi connectivity index (χ2n) is 5.18. The first kappa shape index (κ1) is 16.4. The third-order valence-corrected chi connectivity index (χ3v) is 4.24. The average molecular weight is 357 g/mol. The number of likely N-dealkylation sites (N-methyl/N-ethyl adjacent to an activating group) is 1. The maximum atomic E-state index is 11.4. The van der Waals surface area contributed by atoms with Crippen LogP contribution in [-0.2, 0) is 16.0 Å². The van der Waals surface area contributed by atoms with Gasteiger partial charge in [-0.05, 0) is 24.7 Å². The molecule has 2 rings (SSSR count). The molecule has 1 unspecified atom stereocenters. The zero-order valence-corrected chi connectivity index (χ0v) is 14.0. The van der Waals surface area contributed by atoms with Crippen LogP contribution in [0.2, 0.25) is 0 Å². The van der Waals surface area contributed by atoms with Gasteiger partial charge in [0, 0.05) is 30.7 Å². The highest BCUT2D eigenvalue weighted by atomic mass is 79.9. The van der Waals surface area contributed by atoms with Gasteiger partial charge in [0.2, 0.25) is 0 Å². The van der Waals surface area contributed by atoms with E-state index in [0.717, 1.165) is 42.8 Å². The van der Waals surface area contributed by atoms with Crippen LogP contribution in [0.25, 0.3) is 0 Å². The summed E-state index contributed by atoms with van der Waals surface area (Å²) in [7, 11) is 3.49. The number of benzene rings is 1. The van der Waals surface area contributed by atoms with Gasteiger partial charge in [-0.25, -0.2) is 4.79 Å². The van der Waals surface area contributed by atoms with Gasteiger partial charge in [0.1, 0.15) is 0 Å². The van der Waals surface area contributed by atoms with E-state index in [-0.39, 0.29) is 12.1 Å². The number of nitrogens with one attached hydrogen (secondary N) is 1. The summed E-state index contributed by atoms with van der Waals surface area (Å²) in [6.45, 7) is 4.29. The minimum atomic E-state index is -0.325. The SMILES string of the molecule is COC(=O)c1ccc(CNCC2CN(C)CCO2)c(Br)c1. The van der Waals surface area contributed by atoms with Crippen molar-refractivity contribution in [3.8, 4) is 0 Å². The maximum absolute atomic E-state index is 11.4. The normalized spacial score (nSPS) is 19.5. The van der Waals surface area contributed by atoms with E-state index in [9.17, 15) is 4.79 Å². The number of methoxy groups -OCH3 is 1. The van der Waals surface area contributed by atoms with Crippen molar-refractivity contribution in [3.63, 3.8) is 0 Å². The van der Waals surface area contributed by atoms with Gasteiger partial charge in [0.15, 0.2) is 0 Å². The second-order valence-corrected chi connectivity index (χ2v) is 6.04. The molecule has 1 fully saturated rings. The van der Waals surface area contributed by atoms with E-state index in [0.29, 0.717) is 5.56 Å². The molecule has 5 nitrogen and oxygen atoms in total.